The van der Waals surface area contributed by atoms with Gasteiger partial charge >= 0.3 is 5.97 Å². The molecule has 6 heteroatoms. The van der Waals surface area contributed by atoms with Gasteiger partial charge in [0.25, 0.3) is 5.91 Å². The van der Waals surface area contributed by atoms with Crippen LogP contribution in [0.3, 0.4) is 0 Å². The fraction of sp³-hybridized carbons (Fsp3) is 0.286. The van der Waals surface area contributed by atoms with E-state index in [1.165, 1.54) is 11.0 Å². The number of carbonyl (C=O) groups is 2. The first-order valence-electron chi connectivity index (χ1n) is 6.14. The average molecular weight is 277 g/mol. The molecule has 2 rings (SSSR count). The molecule has 1 aliphatic rings. The summed E-state index contributed by atoms with van der Waals surface area (Å²) in [4.78, 5) is 24.4. The highest BCUT2D eigenvalue weighted by Crippen LogP contribution is 2.34. The van der Waals surface area contributed by atoms with E-state index in [0.717, 1.165) is 0 Å². The predicted octanol–water partition coefficient (Wildman–Crippen LogP) is 1.17. The number of nitrogens with zero attached hydrogens (tertiary/aromatic N) is 1. The Hall–Kier alpha value is -2.50. The molecule has 0 radical (unpaired) electrons. The lowest BCUT2D eigenvalue weighted by Crippen LogP contribution is -2.36. The lowest BCUT2D eigenvalue weighted by molar-refractivity contribution is -0.137. The summed E-state index contributed by atoms with van der Waals surface area (Å²) in [5.74, 6) is -0.643. The molecule has 1 N–H and O–H groups in total. The highest BCUT2D eigenvalue weighted by molar-refractivity contribution is 5.99. The molecule has 20 heavy (non-hydrogen) atoms. The van der Waals surface area contributed by atoms with Gasteiger partial charge in [0.1, 0.15) is 19.8 Å². The summed E-state index contributed by atoms with van der Waals surface area (Å²) in [7, 11) is 0. The number of ether oxygens (including phenoxy) is 2. The van der Waals surface area contributed by atoms with Crippen LogP contribution in [0.1, 0.15) is 10.4 Å². The first-order chi connectivity index (χ1) is 9.63. The molecule has 0 spiro atoms. The number of aliphatic carboxylic acids is 1. The van der Waals surface area contributed by atoms with Crippen molar-refractivity contribution in [1.82, 2.24) is 4.90 Å². The summed E-state index contributed by atoms with van der Waals surface area (Å²) >= 11 is 0. The molecule has 0 atom stereocenters. The smallest absolute Gasteiger partial charge is 0.323 e. The molecule has 0 saturated carbocycles. The summed E-state index contributed by atoms with van der Waals surface area (Å²) in [5, 5.41) is 8.86. The number of benzene rings is 1. The van der Waals surface area contributed by atoms with Gasteiger partial charge in [-0.3, -0.25) is 9.59 Å². The van der Waals surface area contributed by atoms with Crippen molar-refractivity contribution >= 4 is 11.9 Å². The number of fused-ring (bicyclic) bond motifs is 1. The first kappa shape index (κ1) is 13.9. The Morgan fingerprint density at radius 1 is 1.35 bits per heavy atom. The third-order valence-electron chi connectivity index (χ3n) is 2.76. The largest absolute Gasteiger partial charge is 0.486 e. The van der Waals surface area contributed by atoms with Crippen LogP contribution in [0.4, 0.5) is 0 Å². The van der Waals surface area contributed by atoms with Crippen molar-refractivity contribution in [3.8, 4) is 11.5 Å². The maximum Gasteiger partial charge on any atom is 0.323 e. The van der Waals surface area contributed by atoms with Crippen LogP contribution in [0, 0.1) is 0 Å². The van der Waals surface area contributed by atoms with Gasteiger partial charge in [0.05, 0.1) is 5.56 Å². The van der Waals surface area contributed by atoms with Crippen LogP contribution >= 0.6 is 0 Å². The Labute approximate surface area is 116 Å². The number of para-hydroxylation sites is 1. The van der Waals surface area contributed by atoms with Gasteiger partial charge in [-0.15, -0.1) is 6.58 Å². The van der Waals surface area contributed by atoms with Crippen LogP contribution < -0.4 is 9.47 Å². The molecule has 0 fully saturated rings. The standard InChI is InChI=1S/C14H15NO5/c1-2-6-15(9-12(16)17)14(18)10-4-3-5-11-13(10)20-8-7-19-11/h2-5H,1,6-9H2,(H,16,17). The fourth-order valence-corrected chi connectivity index (χ4v) is 1.95. The zero-order chi connectivity index (χ0) is 14.5. The molecule has 0 bridgehead atoms. The molecule has 0 aliphatic carbocycles. The van der Waals surface area contributed by atoms with Crippen LogP contribution in [0.5, 0.6) is 11.5 Å². The van der Waals surface area contributed by atoms with Crippen molar-refractivity contribution in [3.63, 3.8) is 0 Å². The second-order valence-corrected chi connectivity index (χ2v) is 4.20. The first-order valence-corrected chi connectivity index (χ1v) is 6.14. The number of hydrogen-bond acceptors (Lipinski definition) is 4. The minimum atomic E-state index is -1.08. The molecule has 6 nitrogen and oxygen atoms in total. The van der Waals surface area contributed by atoms with Gasteiger partial charge in [-0.25, -0.2) is 0 Å². The Morgan fingerprint density at radius 2 is 2.10 bits per heavy atom. The van der Waals surface area contributed by atoms with E-state index in [2.05, 4.69) is 6.58 Å². The van der Waals surface area contributed by atoms with Crippen LogP contribution in [-0.4, -0.2) is 48.2 Å². The lowest BCUT2D eigenvalue weighted by Gasteiger charge is -2.24. The Balaban J connectivity index is 2.31. The van der Waals surface area contributed by atoms with E-state index in [9.17, 15) is 9.59 Å². The second kappa shape index (κ2) is 6.10. The molecular formula is C14H15NO5. The lowest BCUT2D eigenvalue weighted by atomic mass is 10.1. The monoisotopic (exact) mass is 277 g/mol. The Kier molecular flexibility index (Phi) is 4.24. The predicted molar refractivity (Wildman–Crippen MR) is 71.2 cm³/mol. The minimum absolute atomic E-state index is 0.148. The fourth-order valence-electron chi connectivity index (χ4n) is 1.95. The molecule has 0 saturated heterocycles. The number of rotatable bonds is 5. The van der Waals surface area contributed by atoms with Crippen molar-refractivity contribution in [2.75, 3.05) is 26.3 Å². The summed E-state index contributed by atoms with van der Waals surface area (Å²) in [6.07, 6.45) is 1.48. The van der Waals surface area contributed by atoms with Gasteiger partial charge in [0.2, 0.25) is 0 Å². The topological polar surface area (TPSA) is 76.1 Å². The van der Waals surface area contributed by atoms with E-state index >= 15 is 0 Å². The zero-order valence-corrected chi connectivity index (χ0v) is 10.9. The number of carboxylic acids is 1. The van der Waals surface area contributed by atoms with E-state index in [-0.39, 0.29) is 6.54 Å². The number of amides is 1. The van der Waals surface area contributed by atoms with Gasteiger partial charge in [-0.2, -0.15) is 0 Å². The van der Waals surface area contributed by atoms with E-state index in [0.29, 0.717) is 30.3 Å². The van der Waals surface area contributed by atoms with E-state index in [1.807, 2.05) is 0 Å². The number of hydrogen-bond donors (Lipinski definition) is 1. The maximum atomic E-state index is 12.4. The van der Waals surface area contributed by atoms with Gasteiger partial charge in [-0.1, -0.05) is 12.1 Å². The molecule has 1 heterocycles. The van der Waals surface area contributed by atoms with Crippen LogP contribution in [0.15, 0.2) is 30.9 Å². The quantitative estimate of drug-likeness (QED) is 0.818. The summed E-state index contributed by atoms with van der Waals surface area (Å²) in [6, 6.07) is 4.97. The molecular weight excluding hydrogens is 262 g/mol. The van der Waals surface area contributed by atoms with E-state index < -0.39 is 18.4 Å². The van der Waals surface area contributed by atoms with Gasteiger partial charge in [-0.05, 0) is 12.1 Å². The molecule has 1 aromatic rings. The molecule has 106 valence electrons. The van der Waals surface area contributed by atoms with Crippen LogP contribution in [0.25, 0.3) is 0 Å². The van der Waals surface area contributed by atoms with Crippen LogP contribution in [-0.2, 0) is 4.79 Å². The summed E-state index contributed by atoms with van der Waals surface area (Å²) in [5.41, 5.74) is 0.297. The van der Waals surface area contributed by atoms with Crippen molar-refractivity contribution < 1.29 is 24.2 Å². The maximum absolute atomic E-state index is 12.4. The van der Waals surface area contributed by atoms with Gasteiger partial charge in [0.15, 0.2) is 11.5 Å². The highest BCUT2D eigenvalue weighted by atomic mass is 16.6. The second-order valence-electron chi connectivity index (χ2n) is 4.20. The molecule has 1 amide bonds. The number of carbonyl (C=O) groups excluding carboxylic acids is 1. The molecule has 1 aliphatic heterocycles. The van der Waals surface area contributed by atoms with Gasteiger partial charge < -0.3 is 19.5 Å². The van der Waals surface area contributed by atoms with Crippen molar-refractivity contribution in [3.05, 3.63) is 36.4 Å². The van der Waals surface area contributed by atoms with E-state index in [1.54, 1.807) is 18.2 Å². The Morgan fingerprint density at radius 3 is 2.80 bits per heavy atom. The van der Waals surface area contributed by atoms with Crippen molar-refractivity contribution in [2.45, 2.75) is 0 Å². The van der Waals surface area contributed by atoms with Gasteiger partial charge in [0, 0.05) is 6.54 Å². The van der Waals surface area contributed by atoms with Crippen LogP contribution in [0.2, 0.25) is 0 Å². The summed E-state index contributed by atoms with van der Waals surface area (Å²) < 4.78 is 10.9. The van der Waals surface area contributed by atoms with Crippen molar-refractivity contribution in [2.24, 2.45) is 0 Å². The molecule has 0 unspecified atom stereocenters. The highest BCUT2D eigenvalue weighted by Gasteiger charge is 2.24. The minimum Gasteiger partial charge on any atom is -0.486 e. The van der Waals surface area contributed by atoms with Crippen molar-refractivity contribution in [1.29, 1.82) is 0 Å². The van der Waals surface area contributed by atoms with E-state index in [4.69, 9.17) is 14.6 Å². The normalized spacial score (nSPS) is 12.6. The third kappa shape index (κ3) is 2.90. The summed E-state index contributed by atoms with van der Waals surface area (Å²) in [6.45, 7) is 4.07. The number of carboxylic acid groups (broad SMARTS) is 1. The average Bonchev–Trinajstić information content (AvgIpc) is 2.45. The molecule has 1 aromatic carbocycles. The third-order valence-corrected chi connectivity index (χ3v) is 2.76. The Bertz CT molecular complexity index is 540. The SMILES string of the molecule is C=CCN(CC(=O)O)C(=O)c1cccc2c1OCCO2. The zero-order valence-electron chi connectivity index (χ0n) is 10.9. The molecule has 0 aromatic heterocycles.